The number of rotatable bonds is 5. The highest BCUT2D eigenvalue weighted by molar-refractivity contribution is 5.76. The lowest BCUT2D eigenvalue weighted by Gasteiger charge is -2.23. The van der Waals surface area contributed by atoms with Gasteiger partial charge in [0, 0.05) is 26.1 Å². The molecule has 1 atom stereocenters. The molecule has 2 aliphatic heterocycles. The van der Waals surface area contributed by atoms with E-state index < -0.39 is 0 Å². The van der Waals surface area contributed by atoms with Crippen LogP contribution in [0.25, 0.3) is 0 Å². The molecule has 0 N–H and O–H groups in total. The van der Waals surface area contributed by atoms with Crippen molar-refractivity contribution in [3.8, 4) is 0 Å². The maximum absolute atomic E-state index is 12.5. The Bertz CT molecular complexity index is 345. The van der Waals surface area contributed by atoms with Crippen molar-refractivity contribution in [3.63, 3.8) is 0 Å². The van der Waals surface area contributed by atoms with Crippen LogP contribution in [0.2, 0.25) is 0 Å². The fourth-order valence-electron chi connectivity index (χ4n) is 4.71. The van der Waals surface area contributed by atoms with Crippen LogP contribution in [0, 0.1) is 11.8 Å². The Hall–Kier alpha value is -0.570. The summed E-state index contributed by atoms with van der Waals surface area (Å²) in [4.78, 5) is 17.3. The number of amides is 1. The average molecular weight is 306 g/mol. The molecule has 3 rings (SSSR count). The molecule has 1 aliphatic carbocycles. The second-order valence-corrected chi connectivity index (χ2v) is 7.87. The van der Waals surface area contributed by atoms with Gasteiger partial charge in [-0.25, -0.2) is 0 Å². The van der Waals surface area contributed by atoms with E-state index in [9.17, 15) is 4.79 Å². The van der Waals surface area contributed by atoms with Crippen molar-refractivity contribution in [3.05, 3.63) is 0 Å². The zero-order valence-corrected chi connectivity index (χ0v) is 14.3. The molecule has 2 heterocycles. The summed E-state index contributed by atoms with van der Waals surface area (Å²) in [7, 11) is 0. The quantitative estimate of drug-likeness (QED) is 0.773. The normalized spacial score (nSPS) is 28.2. The van der Waals surface area contributed by atoms with Gasteiger partial charge < -0.3 is 9.80 Å². The van der Waals surface area contributed by atoms with Gasteiger partial charge in [0.15, 0.2) is 0 Å². The molecule has 0 aromatic rings. The van der Waals surface area contributed by atoms with E-state index in [1.54, 1.807) is 0 Å². The highest BCUT2D eigenvalue weighted by Crippen LogP contribution is 2.29. The topological polar surface area (TPSA) is 23.6 Å². The number of nitrogens with zero attached hydrogens (tertiary/aromatic N) is 2. The molecule has 0 bridgehead atoms. The Morgan fingerprint density at radius 3 is 2.27 bits per heavy atom. The zero-order valence-electron chi connectivity index (χ0n) is 14.3. The Labute approximate surface area is 136 Å². The van der Waals surface area contributed by atoms with Crippen molar-refractivity contribution in [1.82, 2.24) is 9.80 Å². The maximum Gasteiger partial charge on any atom is 0.222 e. The largest absolute Gasteiger partial charge is 0.343 e. The molecule has 1 amide bonds. The molecule has 0 aromatic carbocycles. The van der Waals surface area contributed by atoms with Crippen LogP contribution in [0.1, 0.15) is 70.6 Å². The van der Waals surface area contributed by atoms with Gasteiger partial charge in [-0.3, -0.25) is 4.79 Å². The smallest absolute Gasteiger partial charge is 0.222 e. The first-order valence-electron chi connectivity index (χ1n) is 9.81. The van der Waals surface area contributed by atoms with Crippen LogP contribution < -0.4 is 0 Å². The Kier molecular flexibility index (Phi) is 6.17. The molecular formula is C19H34N2O. The van der Waals surface area contributed by atoms with Gasteiger partial charge in [0.2, 0.25) is 5.91 Å². The van der Waals surface area contributed by atoms with Gasteiger partial charge in [0.05, 0.1) is 0 Å². The molecule has 1 saturated carbocycles. The van der Waals surface area contributed by atoms with Gasteiger partial charge in [0.25, 0.3) is 0 Å². The van der Waals surface area contributed by atoms with Crippen LogP contribution in [0.4, 0.5) is 0 Å². The number of carbonyl (C=O) groups is 1. The summed E-state index contributed by atoms with van der Waals surface area (Å²) < 4.78 is 0. The summed E-state index contributed by atoms with van der Waals surface area (Å²) in [6.45, 7) is 5.92. The van der Waals surface area contributed by atoms with Crippen molar-refractivity contribution in [2.45, 2.75) is 70.6 Å². The number of carbonyl (C=O) groups excluding carboxylic acids is 1. The first kappa shape index (κ1) is 16.3. The van der Waals surface area contributed by atoms with E-state index in [1.165, 1.54) is 77.4 Å². The Balaban J connectivity index is 1.38. The van der Waals surface area contributed by atoms with Crippen molar-refractivity contribution in [2.24, 2.45) is 11.8 Å². The van der Waals surface area contributed by atoms with E-state index in [-0.39, 0.29) is 0 Å². The predicted octanol–water partition coefficient (Wildman–Crippen LogP) is 3.68. The minimum Gasteiger partial charge on any atom is -0.343 e. The fourth-order valence-corrected chi connectivity index (χ4v) is 4.71. The third-order valence-corrected chi connectivity index (χ3v) is 6.16. The summed E-state index contributed by atoms with van der Waals surface area (Å²) >= 11 is 0. The molecule has 3 aliphatic rings. The van der Waals surface area contributed by atoms with E-state index in [0.717, 1.165) is 37.8 Å². The van der Waals surface area contributed by atoms with Gasteiger partial charge in [-0.05, 0) is 63.5 Å². The molecule has 3 fully saturated rings. The monoisotopic (exact) mass is 306 g/mol. The van der Waals surface area contributed by atoms with E-state index in [4.69, 9.17) is 0 Å². The van der Waals surface area contributed by atoms with Gasteiger partial charge in [-0.15, -0.1) is 0 Å². The lowest BCUT2D eigenvalue weighted by Crippen LogP contribution is -2.32. The second-order valence-electron chi connectivity index (χ2n) is 7.87. The highest BCUT2D eigenvalue weighted by Gasteiger charge is 2.24. The highest BCUT2D eigenvalue weighted by atomic mass is 16.2. The second kappa shape index (κ2) is 8.33. The van der Waals surface area contributed by atoms with Crippen molar-refractivity contribution in [1.29, 1.82) is 0 Å². The standard InChI is InChI=1S/C19H34N2O/c22-19(10-9-17-6-1-2-7-17)21-14-5-8-18(11-15-21)16-20-12-3-4-13-20/h17-18H,1-16H2. The summed E-state index contributed by atoms with van der Waals surface area (Å²) in [6, 6.07) is 0. The third-order valence-electron chi connectivity index (χ3n) is 6.16. The number of hydrogen-bond donors (Lipinski definition) is 0. The van der Waals surface area contributed by atoms with E-state index in [2.05, 4.69) is 9.80 Å². The van der Waals surface area contributed by atoms with Crippen molar-refractivity contribution < 1.29 is 4.79 Å². The lowest BCUT2D eigenvalue weighted by atomic mass is 10.0. The van der Waals surface area contributed by atoms with Crippen LogP contribution in [0.5, 0.6) is 0 Å². The summed E-state index contributed by atoms with van der Waals surface area (Å²) in [5.74, 6) is 2.11. The van der Waals surface area contributed by atoms with Crippen LogP contribution in [-0.4, -0.2) is 48.4 Å². The molecule has 2 saturated heterocycles. The minimum atomic E-state index is 0.439. The van der Waals surface area contributed by atoms with Crippen LogP contribution >= 0.6 is 0 Å². The minimum absolute atomic E-state index is 0.439. The van der Waals surface area contributed by atoms with Gasteiger partial charge in [-0.2, -0.15) is 0 Å². The van der Waals surface area contributed by atoms with Crippen LogP contribution in [-0.2, 0) is 4.79 Å². The van der Waals surface area contributed by atoms with Gasteiger partial charge in [0.1, 0.15) is 0 Å². The van der Waals surface area contributed by atoms with Crippen molar-refractivity contribution >= 4 is 5.91 Å². The molecule has 0 aromatic heterocycles. The average Bonchev–Trinajstić information content (AvgIpc) is 3.16. The van der Waals surface area contributed by atoms with E-state index >= 15 is 0 Å². The van der Waals surface area contributed by atoms with Crippen LogP contribution in [0.15, 0.2) is 0 Å². The number of likely N-dealkylation sites (tertiary alicyclic amines) is 2. The molecule has 3 heteroatoms. The van der Waals surface area contributed by atoms with Crippen molar-refractivity contribution in [2.75, 3.05) is 32.7 Å². The lowest BCUT2D eigenvalue weighted by molar-refractivity contribution is -0.131. The third kappa shape index (κ3) is 4.71. The maximum atomic E-state index is 12.5. The van der Waals surface area contributed by atoms with E-state index in [1.807, 2.05) is 0 Å². The molecule has 0 spiro atoms. The first-order valence-corrected chi connectivity index (χ1v) is 9.81. The van der Waals surface area contributed by atoms with Crippen LogP contribution in [0.3, 0.4) is 0 Å². The summed E-state index contributed by atoms with van der Waals surface area (Å²) in [5, 5.41) is 0. The Morgan fingerprint density at radius 1 is 0.773 bits per heavy atom. The molecule has 22 heavy (non-hydrogen) atoms. The Morgan fingerprint density at radius 2 is 1.50 bits per heavy atom. The molecule has 126 valence electrons. The fraction of sp³-hybridized carbons (Fsp3) is 0.947. The van der Waals surface area contributed by atoms with E-state index in [0.29, 0.717) is 5.91 Å². The van der Waals surface area contributed by atoms with Gasteiger partial charge >= 0.3 is 0 Å². The molecular weight excluding hydrogens is 272 g/mol. The molecule has 1 unspecified atom stereocenters. The SMILES string of the molecule is O=C(CCC1CCCC1)N1CCCC(CN2CCCC2)CC1. The summed E-state index contributed by atoms with van der Waals surface area (Å²) in [5.41, 5.74) is 0. The molecule has 3 nitrogen and oxygen atoms in total. The summed E-state index contributed by atoms with van der Waals surface area (Å²) in [6.07, 6.45) is 14.0. The molecule has 0 radical (unpaired) electrons. The predicted molar refractivity (Wildman–Crippen MR) is 90.8 cm³/mol. The number of hydrogen-bond acceptors (Lipinski definition) is 2. The van der Waals surface area contributed by atoms with Gasteiger partial charge in [-0.1, -0.05) is 25.7 Å². The zero-order chi connectivity index (χ0) is 15.2. The first-order chi connectivity index (χ1) is 10.8.